The van der Waals surface area contributed by atoms with Gasteiger partial charge in [-0.2, -0.15) is 0 Å². The molecule has 1 atom stereocenters. The van der Waals surface area contributed by atoms with Gasteiger partial charge in [0.2, 0.25) is 0 Å². The number of nitrogens with two attached hydrogens (primary N) is 1. The molecule has 2 nitrogen and oxygen atoms in total. The van der Waals surface area contributed by atoms with Gasteiger partial charge in [0, 0.05) is 17.8 Å². The van der Waals surface area contributed by atoms with E-state index < -0.39 is 0 Å². The fourth-order valence-electron chi connectivity index (χ4n) is 1.36. The minimum atomic E-state index is 0.396. The third-order valence-corrected chi connectivity index (χ3v) is 1.93. The van der Waals surface area contributed by atoms with E-state index in [0.29, 0.717) is 12.1 Å². The van der Waals surface area contributed by atoms with E-state index in [4.69, 9.17) is 5.73 Å². The molecule has 0 aromatic carbocycles. The van der Waals surface area contributed by atoms with E-state index >= 15 is 0 Å². The highest BCUT2D eigenvalue weighted by molar-refractivity contribution is 5.05. The Morgan fingerprint density at radius 3 is 2.82 bits per heavy atom. The molecule has 2 heteroatoms. The molecule has 1 rings (SSSR count). The van der Waals surface area contributed by atoms with Crippen LogP contribution < -0.4 is 11.1 Å². The van der Waals surface area contributed by atoms with Crippen LogP contribution in [0.25, 0.3) is 0 Å². The molecule has 3 N–H and O–H groups in total. The van der Waals surface area contributed by atoms with Gasteiger partial charge in [-0.25, -0.2) is 0 Å². The number of allylic oxidation sites excluding steroid dienone is 1. The Bertz CT molecular complexity index is 150. The molecule has 11 heavy (non-hydrogen) atoms. The molecule has 0 saturated heterocycles. The molecule has 0 heterocycles. The molecule has 1 unspecified atom stereocenters. The standard InChI is InChI=1S/C9H18N2/c1-7(2)11-9-5-3-8(10)4-6-9/h5,7-8,11H,3-4,6,10H2,1-2H3. The largest absolute Gasteiger partial charge is 0.386 e. The van der Waals surface area contributed by atoms with Crippen LogP contribution in [0.3, 0.4) is 0 Å². The lowest BCUT2D eigenvalue weighted by molar-refractivity contribution is 0.541. The number of nitrogens with one attached hydrogen (secondary N) is 1. The van der Waals surface area contributed by atoms with Gasteiger partial charge in [0.25, 0.3) is 0 Å². The second kappa shape index (κ2) is 3.77. The monoisotopic (exact) mass is 154 g/mol. The summed E-state index contributed by atoms with van der Waals surface area (Å²) in [6.45, 7) is 4.32. The van der Waals surface area contributed by atoms with Crippen LogP contribution in [0.5, 0.6) is 0 Å². The van der Waals surface area contributed by atoms with Crippen LogP contribution in [-0.4, -0.2) is 12.1 Å². The lowest BCUT2D eigenvalue weighted by Crippen LogP contribution is -2.28. The van der Waals surface area contributed by atoms with E-state index in [2.05, 4.69) is 25.2 Å². The molecule has 64 valence electrons. The molecule has 1 aliphatic carbocycles. The first-order valence-electron chi connectivity index (χ1n) is 4.39. The number of hydrogen-bond donors (Lipinski definition) is 2. The van der Waals surface area contributed by atoms with Crippen molar-refractivity contribution < 1.29 is 0 Å². The predicted octanol–water partition coefficient (Wildman–Crippen LogP) is 1.38. The van der Waals surface area contributed by atoms with Crippen molar-refractivity contribution in [3.63, 3.8) is 0 Å². The SMILES string of the molecule is CC(C)NC1=CCC(N)CC1. The fourth-order valence-corrected chi connectivity index (χ4v) is 1.36. The summed E-state index contributed by atoms with van der Waals surface area (Å²) in [4.78, 5) is 0. The molecular formula is C9H18N2. The van der Waals surface area contributed by atoms with Crippen LogP contribution in [0.2, 0.25) is 0 Å². The van der Waals surface area contributed by atoms with Crippen LogP contribution >= 0.6 is 0 Å². The van der Waals surface area contributed by atoms with E-state index in [1.807, 2.05) is 0 Å². The van der Waals surface area contributed by atoms with Gasteiger partial charge < -0.3 is 11.1 Å². The van der Waals surface area contributed by atoms with Crippen LogP contribution in [0.1, 0.15) is 33.1 Å². The zero-order valence-corrected chi connectivity index (χ0v) is 7.43. The second-order valence-corrected chi connectivity index (χ2v) is 3.56. The second-order valence-electron chi connectivity index (χ2n) is 3.56. The van der Waals surface area contributed by atoms with Crippen LogP contribution in [-0.2, 0) is 0 Å². The van der Waals surface area contributed by atoms with Crippen molar-refractivity contribution in [2.75, 3.05) is 0 Å². The minimum absolute atomic E-state index is 0.396. The van der Waals surface area contributed by atoms with Gasteiger partial charge in [-0.3, -0.25) is 0 Å². The summed E-state index contributed by atoms with van der Waals surface area (Å²) in [6, 6.07) is 0.947. The molecule has 0 bridgehead atoms. The average Bonchev–Trinajstić information content (AvgIpc) is 1.93. The van der Waals surface area contributed by atoms with Crippen molar-refractivity contribution in [1.82, 2.24) is 5.32 Å². The minimum Gasteiger partial charge on any atom is -0.386 e. The van der Waals surface area contributed by atoms with Crippen molar-refractivity contribution in [2.45, 2.75) is 45.2 Å². The summed E-state index contributed by atoms with van der Waals surface area (Å²) in [5, 5.41) is 3.41. The van der Waals surface area contributed by atoms with Gasteiger partial charge >= 0.3 is 0 Å². The number of rotatable bonds is 2. The van der Waals surface area contributed by atoms with Gasteiger partial charge in [0.05, 0.1) is 0 Å². The predicted molar refractivity (Wildman–Crippen MR) is 48.2 cm³/mol. The molecule has 0 aromatic rings. The van der Waals surface area contributed by atoms with Crippen LogP contribution in [0, 0.1) is 0 Å². The van der Waals surface area contributed by atoms with Crippen molar-refractivity contribution >= 4 is 0 Å². The lowest BCUT2D eigenvalue weighted by Gasteiger charge is -2.21. The lowest BCUT2D eigenvalue weighted by atomic mass is 10.00. The summed E-state index contributed by atoms with van der Waals surface area (Å²) in [6.07, 6.45) is 5.52. The third-order valence-electron chi connectivity index (χ3n) is 1.93. The van der Waals surface area contributed by atoms with E-state index in [-0.39, 0.29) is 0 Å². The van der Waals surface area contributed by atoms with Crippen molar-refractivity contribution in [2.24, 2.45) is 5.73 Å². The normalized spacial score (nSPS) is 25.1. The molecule has 1 aliphatic rings. The zero-order valence-electron chi connectivity index (χ0n) is 7.43. The molecule has 0 radical (unpaired) electrons. The van der Waals surface area contributed by atoms with Gasteiger partial charge in [-0.05, 0) is 33.1 Å². The quantitative estimate of drug-likeness (QED) is 0.630. The van der Waals surface area contributed by atoms with Crippen molar-refractivity contribution in [3.8, 4) is 0 Å². The fraction of sp³-hybridized carbons (Fsp3) is 0.778. The van der Waals surface area contributed by atoms with Gasteiger partial charge in [-0.15, -0.1) is 0 Å². The first-order chi connectivity index (χ1) is 5.18. The molecular weight excluding hydrogens is 136 g/mol. The van der Waals surface area contributed by atoms with Gasteiger partial charge in [-0.1, -0.05) is 6.08 Å². The van der Waals surface area contributed by atoms with Gasteiger partial charge in [0.1, 0.15) is 0 Å². The summed E-state index contributed by atoms with van der Waals surface area (Å²) in [7, 11) is 0. The van der Waals surface area contributed by atoms with Crippen molar-refractivity contribution in [1.29, 1.82) is 0 Å². The van der Waals surface area contributed by atoms with Crippen LogP contribution in [0.4, 0.5) is 0 Å². The Kier molecular flexibility index (Phi) is 2.94. The maximum atomic E-state index is 5.76. The average molecular weight is 154 g/mol. The van der Waals surface area contributed by atoms with E-state index in [1.54, 1.807) is 0 Å². The molecule has 0 aromatic heterocycles. The van der Waals surface area contributed by atoms with Gasteiger partial charge in [0.15, 0.2) is 0 Å². The van der Waals surface area contributed by atoms with E-state index in [9.17, 15) is 0 Å². The summed E-state index contributed by atoms with van der Waals surface area (Å²) < 4.78 is 0. The zero-order chi connectivity index (χ0) is 8.27. The Balaban J connectivity index is 2.35. The molecule has 0 aliphatic heterocycles. The smallest absolute Gasteiger partial charge is 0.0201 e. The maximum Gasteiger partial charge on any atom is 0.0201 e. The Morgan fingerprint density at radius 2 is 2.36 bits per heavy atom. The summed E-state index contributed by atoms with van der Waals surface area (Å²) in [5.74, 6) is 0. The van der Waals surface area contributed by atoms with Crippen LogP contribution in [0.15, 0.2) is 11.8 Å². The summed E-state index contributed by atoms with van der Waals surface area (Å²) in [5.41, 5.74) is 7.13. The first kappa shape index (κ1) is 8.60. The summed E-state index contributed by atoms with van der Waals surface area (Å²) >= 11 is 0. The Hall–Kier alpha value is -0.500. The highest BCUT2D eigenvalue weighted by atomic mass is 14.9. The topological polar surface area (TPSA) is 38.0 Å². The van der Waals surface area contributed by atoms with Crippen molar-refractivity contribution in [3.05, 3.63) is 11.8 Å². The maximum absolute atomic E-state index is 5.76. The highest BCUT2D eigenvalue weighted by Crippen LogP contribution is 2.14. The molecule has 0 saturated carbocycles. The third kappa shape index (κ3) is 2.93. The molecule has 0 spiro atoms. The molecule has 0 fully saturated rings. The highest BCUT2D eigenvalue weighted by Gasteiger charge is 2.09. The number of hydrogen-bond acceptors (Lipinski definition) is 2. The van der Waals surface area contributed by atoms with E-state index in [1.165, 1.54) is 5.70 Å². The Morgan fingerprint density at radius 1 is 1.64 bits per heavy atom. The Labute approximate surface area is 68.9 Å². The first-order valence-corrected chi connectivity index (χ1v) is 4.39. The molecule has 0 amide bonds. The van der Waals surface area contributed by atoms with E-state index in [0.717, 1.165) is 19.3 Å².